The lowest BCUT2D eigenvalue weighted by Crippen LogP contribution is -2.50. The Morgan fingerprint density at radius 2 is 2.08 bits per heavy atom. The first-order valence-electron chi connectivity index (χ1n) is 8.23. The van der Waals surface area contributed by atoms with Gasteiger partial charge in [0, 0.05) is 18.6 Å². The maximum absolute atomic E-state index is 12.9. The molecular formula is C17H19Cl2N5O2. The summed E-state index contributed by atoms with van der Waals surface area (Å²) in [6, 6.07) is 4.24. The van der Waals surface area contributed by atoms with Gasteiger partial charge >= 0.3 is 0 Å². The predicted octanol–water partition coefficient (Wildman–Crippen LogP) is 2.94. The minimum Gasteiger partial charge on any atom is -0.383 e. The lowest BCUT2D eigenvalue weighted by Gasteiger charge is -2.34. The van der Waals surface area contributed by atoms with Crippen LogP contribution in [0, 0.1) is 0 Å². The van der Waals surface area contributed by atoms with Crippen LogP contribution in [0.25, 0.3) is 0 Å². The van der Waals surface area contributed by atoms with Crippen molar-refractivity contribution in [3.8, 4) is 0 Å². The van der Waals surface area contributed by atoms with E-state index >= 15 is 0 Å². The normalized spacial score (nSPS) is 17.2. The van der Waals surface area contributed by atoms with E-state index in [1.54, 1.807) is 30.1 Å². The minimum absolute atomic E-state index is 0.278. The number of carbonyl (C=O) groups is 2. The molecule has 3 rings (SSSR count). The number of piperidine rings is 1. The Morgan fingerprint density at radius 1 is 1.31 bits per heavy atom. The summed E-state index contributed by atoms with van der Waals surface area (Å²) in [4.78, 5) is 27.2. The van der Waals surface area contributed by atoms with Gasteiger partial charge in [-0.1, -0.05) is 23.2 Å². The molecule has 0 radical (unpaired) electrons. The molecular weight excluding hydrogens is 377 g/mol. The highest BCUT2D eigenvalue weighted by Gasteiger charge is 2.34. The molecule has 7 nitrogen and oxygen atoms in total. The molecule has 138 valence electrons. The molecule has 0 aliphatic carbocycles. The summed E-state index contributed by atoms with van der Waals surface area (Å²) >= 11 is 12.0. The van der Waals surface area contributed by atoms with Gasteiger partial charge < -0.3 is 16.0 Å². The molecule has 1 aromatic carbocycles. The average molecular weight is 396 g/mol. The SMILES string of the molecule is Cn1ncc(C(=O)N2CCCCC2C(=O)Nc2ccc(Cl)cc2Cl)c1N. The van der Waals surface area contributed by atoms with Crippen molar-refractivity contribution in [2.24, 2.45) is 7.05 Å². The highest BCUT2D eigenvalue weighted by Crippen LogP contribution is 2.27. The van der Waals surface area contributed by atoms with Gasteiger partial charge in [0.25, 0.3) is 5.91 Å². The zero-order valence-corrected chi connectivity index (χ0v) is 15.7. The van der Waals surface area contributed by atoms with Crippen LogP contribution < -0.4 is 11.1 Å². The third kappa shape index (κ3) is 3.64. The topological polar surface area (TPSA) is 93.2 Å². The number of halogens is 2. The number of nitrogen functional groups attached to an aromatic ring is 1. The van der Waals surface area contributed by atoms with Crippen LogP contribution in [-0.4, -0.2) is 39.1 Å². The van der Waals surface area contributed by atoms with Crippen LogP contribution in [0.3, 0.4) is 0 Å². The van der Waals surface area contributed by atoms with Gasteiger partial charge in [-0.05, 0) is 37.5 Å². The summed E-state index contributed by atoms with van der Waals surface area (Å²) in [6.45, 7) is 0.486. The number of benzene rings is 1. The van der Waals surface area contributed by atoms with Crippen molar-refractivity contribution in [1.82, 2.24) is 14.7 Å². The van der Waals surface area contributed by atoms with Crippen molar-refractivity contribution in [1.29, 1.82) is 0 Å². The maximum atomic E-state index is 12.9. The van der Waals surface area contributed by atoms with E-state index in [0.29, 0.717) is 34.3 Å². The second kappa shape index (κ2) is 7.55. The summed E-state index contributed by atoms with van der Waals surface area (Å²) in [7, 11) is 1.66. The Balaban J connectivity index is 1.81. The Morgan fingerprint density at radius 3 is 2.73 bits per heavy atom. The van der Waals surface area contributed by atoms with E-state index in [-0.39, 0.29) is 17.6 Å². The highest BCUT2D eigenvalue weighted by molar-refractivity contribution is 6.36. The molecule has 26 heavy (non-hydrogen) atoms. The number of nitrogens with zero attached hydrogens (tertiary/aromatic N) is 3. The molecule has 2 heterocycles. The highest BCUT2D eigenvalue weighted by atomic mass is 35.5. The van der Waals surface area contributed by atoms with Gasteiger partial charge in [-0.3, -0.25) is 14.3 Å². The number of aromatic nitrogens is 2. The van der Waals surface area contributed by atoms with E-state index in [1.807, 2.05) is 0 Å². The summed E-state index contributed by atoms with van der Waals surface area (Å²) < 4.78 is 1.43. The van der Waals surface area contributed by atoms with Crippen molar-refractivity contribution in [3.63, 3.8) is 0 Å². The van der Waals surface area contributed by atoms with E-state index in [0.717, 1.165) is 12.8 Å². The largest absolute Gasteiger partial charge is 0.383 e. The fraction of sp³-hybridized carbons (Fsp3) is 0.353. The molecule has 1 unspecified atom stereocenters. The molecule has 1 atom stereocenters. The number of likely N-dealkylation sites (tertiary alicyclic amines) is 1. The fourth-order valence-corrected chi connectivity index (χ4v) is 3.48. The zero-order valence-electron chi connectivity index (χ0n) is 14.2. The van der Waals surface area contributed by atoms with Crippen molar-refractivity contribution >= 4 is 46.5 Å². The number of anilines is 2. The number of rotatable bonds is 3. The number of nitrogens with two attached hydrogens (primary N) is 1. The average Bonchev–Trinajstić information content (AvgIpc) is 2.96. The molecule has 0 saturated carbocycles. The molecule has 3 N–H and O–H groups in total. The Bertz CT molecular complexity index is 852. The molecule has 1 aliphatic rings. The maximum Gasteiger partial charge on any atom is 0.259 e. The zero-order chi connectivity index (χ0) is 18.8. The van der Waals surface area contributed by atoms with Gasteiger partial charge in [-0.25, -0.2) is 0 Å². The van der Waals surface area contributed by atoms with Gasteiger partial charge in [0.2, 0.25) is 5.91 Å². The summed E-state index contributed by atoms with van der Waals surface area (Å²) in [5.74, 6) is -0.303. The first-order chi connectivity index (χ1) is 12.4. The van der Waals surface area contributed by atoms with Gasteiger partial charge in [0.1, 0.15) is 17.4 Å². The second-order valence-electron chi connectivity index (χ2n) is 6.19. The number of aryl methyl sites for hydroxylation is 1. The first kappa shape index (κ1) is 18.5. The monoisotopic (exact) mass is 395 g/mol. The van der Waals surface area contributed by atoms with Crippen molar-refractivity contribution < 1.29 is 9.59 Å². The molecule has 2 aromatic rings. The van der Waals surface area contributed by atoms with Gasteiger partial charge in [0.05, 0.1) is 16.9 Å². The molecule has 9 heteroatoms. The Kier molecular flexibility index (Phi) is 5.38. The number of hydrogen-bond acceptors (Lipinski definition) is 4. The Hall–Kier alpha value is -2.25. The first-order valence-corrected chi connectivity index (χ1v) is 8.98. The number of carbonyl (C=O) groups excluding carboxylic acids is 2. The number of amides is 2. The van der Waals surface area contributed by atoms with Crippen LogP contribution in [0.5, 0.6) is 0 Å². The number of hydrogen-bond donors (Lipinski definition) is 2. The van der Waals surface area contributed by atoms with Crippen molar-refractivity contribution in [2.75, 3.05) is 17.6 Å². The third-order valence-electron chi connectivity index (χ3n) is 4.47. The minimum atomic E-state index is -0.595. The lowest BCUT2D eigenvalue weighted by molar-refractivity contribution is -0.121. The van der Waals surface area contributed by atoms with Crippen LogP contribution in [-0.2, 0) is 11.8 Å². The summed E-state index contributed by atoms with van der Waals surface area (Å²) in [5, 5.41) is 7.62. The van der Waals surface area contributed by atoms with Crippen LogP contribution in [0.2, 0.25) is 10.0 Å². The molecule has 1 fully saturated rings. The van der Waals surface area contributed by atoms with Crippen LogP contribution in [0.1, 0.15) is 29.6 Å². The molecule has 1 aromatic heterocycles. The summed E-state index contributed by atoms with van der Waals surface area (Å²) in [5.41, 5.74) is 6.67. The van der Waals surface area contributed by atoms with Crippen molar-refractivity contribution in [2.45, 2.75) is 25.3 Å². The van der Waals surface area contributed by atoms with Crippen LogP contribution in [0.4, 0.5) is 11.5 Å². The fourth-order valence-electron chi connectivity index (χ4n) is 3.02. The predicted molar refractivity (Wildman–Crippen MR) is 101 cm³/mol. The van der Waals surface area contributed by atoms with E-state index in [9.17, 15) is 9.59 Å². The summed E-state index contributed by atoms with van der Waals surface area (Å²) in [6.07, 6.45) is 3.69. The molecule has 0 bridgehead atoms. The smallest absolute Gasteiger partial charge is 0.259 e. The van der Waals surface area contributed by atoms with E-state index in [2.05, 4.69) is 10.4 Å². The third-order valence-corrected chi connectivity index (χ3v) is 5.02. The second-order valence-corrected chi connectivity index (χ2v) is 7.03. The number of nitrogens with one attached hydrogen (secondary N) is 1. The van der Waals surface area contributed by atoms with Crippen molar-refractivity contribution in [3.05, 3.63) is 40.0 Å². The van der Waals surface area contributed by atoms with E-state index in [4.69, 9.17) is 28.9 Å². The van der Waals surface area contributed by atoms with Crippen LogP contribution >= 0.6 is 23.2 Å². The van der Waals surface area contributed by atoms with E-state index in [1.165, 1.54) is 10.9 Å². The molecule has 2 amide bonds. The molecule has 1 saturated heterocycles. The van der Waals surface area contributed by atoms with E-state index < -0.39 is 6.04 Å². The quantitative estimate of drug-likeness (QED) is 0.834. The van der Waals surface area contributed by atoms with Gasteiger partial charge in [-0.2, -0.15) is 5.10 Å². The standard InChI is InChI=1S/C17H19Cl2N5O2/c1-23-15(20)11(9-21-23)17(26)24-7-3-2-4-14(24)16(25)22-13-6-5-10(18)8-12(13)19/h5-6,8-9,14H,2-4,7,20H2,1H3,(H,22,25). The van der Waals surface area contributed by atoms with Crippen LogP contribution in [0.15, 0.2) is 24.4 Å². The lowest BCUT2D eigenvalue weighted by atomic mass is 10.00. The van der Waals surface area contributed by atoms with Gasteiger partial charge in [0.15, 0.2) is 0 Å². The molecule has 0 spiro atoms. The van der Waals surface area contributed by atoms with Gasteiger partial charge in [-0.15, -0.1) is 0 Å². The Labute approximate surface area is 161 Å². The molecule has 1 aliphatic heterocycles.